The summed E-state index contributed by atoms with van der Waals surface area (Å²) in [6.07, 6.45) is 1.44. The molecule has 0 saturated heterocycles. The van der Waals surface area contributed by atoms with E-state index in [1.807, 2.05) is 0 Å². The Morgan fingerprint density at radius 2 is 2.07 bits per heavy atom. The highest BCUT2D eigenvalue weighted by Gasteiger charge is 2.30. The van der Waals surface area contributed by atoms with E-state index in [2.05, 4.69) is 4.98 Å². The third-order valence-electron chi connectivity index (χ3n) is 1.24. The highest BCUT2D eigenvalue weighted by molar-refractivity contribution is 8.20. The van der Waals surface area contributed by atoms with Gasteiger partial charge in [-0.1, -0.05) is 6.07 Å². The van der Waals surface area contributed by atoms with Crippen LogP contribution in [0.15, 0.2) is 29.4 Å². The Labute approximate surface area is 89.9 Å². The lowest BCUT2D eigenvalue weighted by atomic mass is 10.5. The number of rotatable bonds is 3. The maximum Gasteiger partial charge on any atom is 0.388 e. The van der Waals surface area contributed by atoms with E-state index in [9.17, 15) is 19.2 Å². The van der Waals surface area contributed by atoms with Gasteiger partial charge in [-0.2, -0.15) is 0 Å². The molecule has 0 aliphatic carbocycles. The van der Waals surface area contributed by atoms with Crippen molar-refractivity contribution < 1.29 is 24.1 Å². The molecule has 84 valence electrons. The maximum atomic E-state index is 10.5. The van der Waals surface area contributed by atoms with E-state index in [1.54, 1.807) is 12.1 Å². The first-order valence-electron chi connectivity index (χ1n) is 3.75. The molecule has 1 aromatic heterocycles. The molecule has 0 fully saturated rings. The zero-order valence-corrected chi connectivity index (χ0v) is 10.0. The quantitative estimate of drug-likeness (QED) is 0.516. The Bertz CT molecular complexity index is 424. The van der Waals surface area contributed by atoms with Gasteiger partial charge in [0.15, 0.2) is 0 Å². The molecule has 1 aromatic rings. The molecule has 0 radical (unpaired) electrons. The summed E-state index contributed by atoms with van der Waals surface area (Å²) in [7, 11) is -4.12. The van der Waals surface area contributed by atoms with Crippen LogP contribution in [0.4, 0.5) is 0 Å². The minimum Gasteiger partial charge on any atom is -0.778 e. The largest absolute Gasteiger partial charge is 0.778 e. The molecule has 0 bridgehead atoms. The second kappa shape index (κ2) is 4.80. The van der Waals surface area contributed by atoms with Gasteiger partial charge in [0.2, 0.25) is 0 Å². The summed E-state index contributed by atoms with van der Waals surface area (Å²) in [6, 6.07) is 4.79. The Kier molecular flexibility index (Phi) is 4.14. The molecule has 3 N–H and O–H groups in total. The average molecular weight is 269 g/mol. The van der Waals surface area contributed by atoms with Crippen LogP contribution in [0.3, 0.4) is 0 Å². The molecule has 0 aliphatic heterocycles. The normalized spacial score (nSPS) is 15.7. The highest BCUT2D eigenvalue weighted by atomic mass is 32.5. The first kappa shape index (κ1) is 12.9. The Morgan fingerprint density at radius 1 is 1.40 bits per heavy atom. The molecule has 1 rings (SSSR count). The standard InChI is InChI=1S/C6H9NO5P2S/c8-13(9,10)5-14(11,12)15-6-3-1-2-4-7-6/h1-4H,5H2,(H3-,8,9,10,11,12). The zero-order chi connectivity index (χ0) is 11.5. The van der Waals surface area contributed by atoms with Crippen LogP contribution in [0.2, 0.25) is 0 Å². The van der Waals surface area contributed by atoms with Crippen LogP contribution < -0.4 is 4.89 Å². The van der Waals surface area contributed by atoms with Gasteiger partial charge >= 0.3 is 11.5 Å². The predicted molar refractivity (Wildman–Crippen MR) is 55.9 cm³/mol. The van der Waals surface area contributed by atoms with E-state index in [1.165, 1.54) is 12.3 Å². The summed E-state index contributed by atoms with van der Waals surface area (Å²) in [5.41, 5.74) is 0. The molecular formula is C6H9NO5P2S. The van der Waals surface area contributed by atoms with Gasteiger partial charge in [-0.15, -0.1) is 0 Å². The molecule has 0 spiro atoms. The Balaban J connectivity index is 2.96. The van der Waals surface area contributed by atoms with Crippen molar-refractivity contribution >= 4 is 25.0 Å². The fraction of sp³-hybridized carbons (Fsp3) is 0.167. The van der Waals surface area contributed by atoms with Crippen molar-refractivity contribution in [1.29, 1.82) is 0 Å². The van der Waals surface area contributed by atoms with E-state index in [0.717, 1.165) is 0 Å². The lowest BCUT2D eigenvalue weighted by Crippen LogP contribution is -2.04. The van der Waals surface area contributed by atoms with Gasteiger partial charge in [-0.3, -0.25) is 0 Å². The predicted octanol–water partition coefficient (Wildman–Crippen LogP) is -0.227. The third-order valence-corrected chi connectivity index (χ3v) is 7.34. The molecule has 15 heavy (non-hydrogen) atoms. The molecule has 1 heterocycles. The molecule has 1 atom stereocenters. The molecule has 0 aromatic carbocycles. The number of hydrogen-bond donors (Lipinski definition) is 3. The van der Waals surface area contributed by atoms with Gasteiger partial charge in [0.1, 0.15) is 13.5 Å². The van der Waals surface area contributed by atoms with Crippen LogP contribution in [-0.2, 0) is 15.5 Å². The molecule has 0 aliphatic rings. The smallest absolute Gasteiger partial charge is 0.388 e. The van der Waals surface area contributed by atoms with E-state index in [4.69, 9.17) is 4.89 Å². The van der Waals surface area contributed by atoms with Gasteiger partial charge in [-0.05, 0) is 6.07 Å². The van der Waals surface area contributed by atoms with Crippen LogP contribution in [-0.4, -0.2) is 25.6 Å². The number of hydrogen-bond acceptors (Lipinski definition) is 3. The van der Waals surface area contributed by atoms with Gasteiger partial charge in [0, 0.05) is 12.3 Å². The van der Waals surface area contributed by atoms with Crippen molar-refractivity contribution in [2.24, 2.45) is 0 Å². The van der Waals surface area contributed by atoms with E-state index in [0.29, 0.717) is 16.0 Å². The molecule has 9 heteroatoms. The minimum atomic E-state index is -4.67. The first-order valence-corrected chi connectivity index (χ1v) is 8.82. The van der Waals surface area contributed by atoms with Gasteiger partial charge in [-0.25, -0.2) is 4.98 Å². The van der Waals surface area contributed by atoms with Gasteiger partial charge in [0.05, 0.1) is 0 Å². The summed E-state index contributed by atoms with van der Waals surface area (Å²) in [5.74, 6) is -1.04. The van der Waals surface area contributed by atoms with Crippen molar-refractivity contribution in [2.45, 2.75) is 5.03 Å². The summed E-state index contributed by atoms with van der Waals surface area (Å²) < 4.78 is 10.5. The van der Waals surface area contributed by atoms with Crippen LogP contribution in [0.25, 0.3) is 0 Å². The lowest BCUT2D eigenvalue weighted by molar-refractivity contribution is -0.192. The molecular weight excluding hydrogens is 260 g/mol. The van der Waals surface area contributed by atoms with Crippen molar-refractivity contribution in [1.82, 2.24) is 4.98 Å². The van der Waals surface area contributed by atoms with Crippen LogP contribution >= 0.6 is 14.1 Å². The SMILES string of the molecule is O=P([O-])(O)CP(O)(O)=[S+]c1ccccn1. The summed E-state index contributed by atoms with van der Waals surface area (Å²) in [5, 5.41) is 0.296. The second-order valence-corrected chi connectivity index (χ2v) is 9.34. The van der Waals surface area contributed by atoms with Crippen LogP contribution in [0.1, 0.15) is 0 Å². The fourth-order valence-electron chi connectivity index (χ4n) is 0.813. The molecule has 0 saturated carbocycles. The molecule has 0 amide bonds. The van der Waals surface area contributed by atoms with Gasteiger partial charge in [0.25, 0.3) is 10.9 Å². The van der Waals surface area contributed by atoms with Crippen LogP contribution in [0.5, 0.6) is 0 Å². The summed E-state index contributed by atoms with van der Waals surface area (Å²) >= 11 is 0. The second-order valence-electron chi connectivity index (χ2n) is 2.70. The average Bonchev–Trinajstić information content (AvgIpc) is 1.99. The Hall–Kier alpha value is -0.130. The topological polar surface area (TPSA) is 114 Å². The van der Waals surface area contributed by atoms with Crippen molar-refractivity contribution in [3.63, 3.8) is 0 Å². The summed E-state index contributed by atoms with van der Waals surface area (Å²) in [4.78, 5) is 41.5. The number of pyridine rings is 1. The van der Waals surface area contributed by atoms with E-state index >= 15 is 0 Å². The lowest BCUT2D eigenvalue weighted by Gasteiger charge is -2.14. The number of nitrogens with zero attached hydrogens (tertiary/aromatic N) is 1. The third kappa shape index (κ3) is 5.49. The van der Waals surface area contributed by atoms with Crippen molar-refractivity contribution in [2.75, 3.05) is 5.90 Å². The molecule has 6 nitrogen and oxygen atoms in total. The highest BCUT2D eigenvalue weighted by Crippen LogP contribution is 2.51. The zero-order valence-electron chi connectivity index (χ0n) is 7.42. The van der Waals surface area contributed by atoms with E-state index < -0.39 is 20.0 Å². The number of aromatic nitrogens is 1. The maximum absolute atomic E-state index is 10.5. The Morgan fingerprint density at radius 3 is 2.53 bits per heavy atom. The van der Waals surface area contributed by atoms with Crippen LogP contribution in [0, 0.1) is 0 Å². The monoisotopic (exact) mass is 269 g/mol. The van der Waals surface area contributed by atoms with Gasteiger partial charge < -0.3 is 24.1 Å². The minimum absolute atomic E-state index is 0.296. The van der Waals surface area contributed by atoms with Crippen molar-refractivity contribution in [3.8, 4) is 0 Å². The van der Waals surface area contributed by atoms with Crippen molar-refractivity contribution in [3.05, 3.63) is 24.4 Å². The van der Waals surface area contributed by atoms with E-state index in [-0.39, 0.29) is 0 Å². The molecule has 1 unspecified atom stereocenters. The first-order chi connectivity index (χ1) is 6.79. The summed E-state index contributed by atoms with van der Waals surface area (Å²) in [6.45, 7) is -3.76. The fourth-order valence-corrected chi connectivity index (χ4v) is 6.51.